The molecule has 0 radical (unpaired) electrons. The molecule has 0 bridgehead atoms. The van der Waals surface area contributed by atoms with Crippen LogP contribution in [0.4, 0.5) is 0 Å². The SMILES string of the molecule is CN(C)CC1CCCN1CCC(C)(N)CO. The Morgan fingerprint density at radius 3 is 2.75 bits per heavy atom. The summed E-state index contributed by atoms with van der Waals surface area (Å²) in [4.78, 5) is 4.76. The van der Waals surface area contributed by atoms with Gasteiger partial charge in [-0.25, -0.2) is 0 Å². The normalized spacial score (nSPS) is 26.2. The van der Waals surface area contributed by atoms with Crippen LogP contribution in [-0.2, 0) is 0 Å². The molecule has 1 heterocycles. The first-order chi connectivity index (χ1) is 7.44. The number of likely N-dealkylation sites (tertiary alicyclic amines) is 1. The zero-order valence-electron chi connectivity index (χ0n) is 10.9. The first-order valence-electron chi connectivity index (χ1n) is 6.23. The summed E-state index contributed by atoms with van der Waals surface area (Å²) in [6.07, 6.45) is 3.45. The van der Waals surface area contributed by atoms with Gasteiger partial charge in [0.25, 0.3) is 0 Å². The fraction of sp³-hybridized carbons (Fsp3) is 1.00. The Bertz CT molecular complexity index is 206. The van der Waals surface area contributed by atoms with Crippen LogP contribution in [0.15, 0.2) is 0 Å². The summed E-state index contributed by atoms with van der Waals surface area (Å²) in [5.74, 6) is 0. The third-order valence-corrected chi connectivity index (χ3v) is 3.41. The van der Waals surface area contributed by atoms with Crippen molar-refractivity contribution in [3.63, 3.8) is 0 Å². The monoisotopic (exact) mass is 229 g/mol. The molecule has 0 aromatic carbocycles. The Labute approximate surface area is 99.4 Å². The molecule has 16 heavy (non-hydrogen) atoms. The van der Waals surface area contributed by atoms with E-state index in [0.29, 0.717) is 6.04 Å². The van der Waals surface area contributed by atoms with Gasteiger partial charge in [0, 0.05) is 24.7 Å². The van der Waals surface area contributed by atoms with Crippen molar-refractivity contribution in [2.45, 2.75) is 37.8 Å². The van der Waals surface area contributed by atoms with Crippen molar-refractivity contribution in [3.05, 3.63) is 0 Å². The highest BCUT2D eigenvalue weighted by molar-refractivity contribution is 4.85. The molecule has 0 saturated carbocycles. The van der Waals surface area contributed by atoms with E-state index in [1.165, 1.54) is 19.4 Å². The van der Waals surface area contributed by atoms with Crippen molar-refractivity contribution in [1.29, 1.82) is 0 Å². The maximum atomic E-state index is 9.13. The predicted molar refractivity (Wildman–Crippen MR) is 67.4 cm³/mol. The van der Waals surface area contributed by atoms with Crippen molar-refractivity contribution < 1.29 is 5.11 Å². The van der Waals surface area contributed by atoms with Crippen LogP contribution >= 0.6 is 0 Å². The lowest BCUT2D eigenvalue weighted by Gasteiger charge is -2.30. The highest BCUT2D eigenvalue weighted by atomic mass is 16.3. The zero-order valence-corrected chi connectivity index (χ0v) is 10.9. The standard InChI is InChI=1S/C12H27N3O/c1-12(13,10-16)6-8-15-7-4-5-11(15)9-14(2)3/h11,16H,4-10,13H2,1-3H3. The third kappa shape index (κ3) is 4.37. The minimum Gasteiger partial charge on any atom is -0.394 e. The van der Waals surface area contributed by atoms with Gasteiger partial charge >= 0.3 is 0 Å². The molecule has 1 rings (SSSR count). The first-order valence-corrected chi connectivity index (χ1v) is 6.23. The number of likely N-dealkylation sites (N-methyl/N-ethyl adjacent to an activating group) is 1. The van der Waals surface area contributed by atoms with E-state index in [9.17, 15) is 0 Å². The average Bonchev–Trinajstić information content (AvgIpc) is 2.62. The lowest BCUT2D eigenvalue weighted by Crippen LogP contribution is -2.45. The molecule has 3 N–H and O–H groups in total. The lowest BCUT2D eigenvalue weighted by molar-refractivity contribution is 0.158. The summed E-state index contributed by atoms with van der Waals surface area (Å²) in [7, 11) is 4.24. The molecule has 0 spiro atoms. The van der Waals surface area contributed by atoms with Crippen LogP contribution in [0.25, 0.3) is 0 Å². The maximum absolute atomic E-state index is 9.13. The molecule has 0 amide bonds. The lowest BCUT2D eigenvalue weighted by atomic mass is 10.0. The highest BCUT2D eigenvalue weighted by Gasteiger charge is 2.26. The third-order valence-electron chi connectivity index (χ3n) is 3.41. The van der Waals surface area contributed by atoms with Crippen LogP contribution in [0.1, 0.15) is 26.2 Å². The molecule has 1 fully saturated rings. The van der Waals surface area contributed by atoms with Gasteiger partial charge in [0.2, 0.25) is 0 Å². The molecule has 4 nitrogen and oxygen atoms in total. The molecule has 96 valence electrons. The van der Waals surface area contributed by atoms with E-state index in [4.69, 9.17) is 10.8 Å². The molecular formula is C12H27N3O. The first kappa shape index (κ1) is 13.9. The molecule has 0 aromatic rings. The second-order valence-corrected chi connectivity index (χ2v) is 5.66. The molecule has 2 unspecified atom stereocenters. The van der Waals surface area contributed by atoms with Crippen molar-refractivity contribution in [2.24, 2.45) is 5.73 Å². The van der Waals surface area contributed by atoms with Gasteiger partial charge in [-0.3, -0.25) is 4.90 Å². The van der Waals surface area contributed by atoms with E-state index in [0.717, 1.165) is 19.5 Å². The van der Waals surface area contributed by atoms with E-state index in [2.05, 4.69) is 23.9 Å². The Morgan fingerprint density at radius 1 is 1.50 bits per heavy atom. The van der Waals surface area contributed by atoms with Crippen molar-refractivity contribution in [3.8, 4) is 0 Å². The number of nitrogens with two attached hydrogens (primary N) is 1. The summed E-state index contributed by atoms with van der Waals surface area (Å²) < 4.78 is 0. The summed E-state index contributed by atoms with van der Waals surface area (Å²) in [6, 6.07) is 0.671. The maximum Gasteiger partial charge on any atom is 0.0608 e. The topological polar surface area (TPSA) is 52.7 Å². The van der Waals surface area contributed by atoms with Crippen molar-refractivity contribution >= 4 is 0 Å². The predicted octanol–water partition coefficient (Wildman–Crippen LogP) is 0.112. The van der Waals surface area contributed by atoms with E-state index >= 15 is 0 Å². The molecule has 1 aliphatic rings. The van der Waals surface area contributed by atoms with Gasteiger partial charge in [-0.05, 0) is 46.8 Å². The van der Waals surface area contributed by atoms with Crippen molar-refractivity contribution in [2.75, 3.05) is 40.3 Å². The fourth-order valence-corrected chi connectivity index (χ4v) is 2.30. The highest BCUT2D eigenvalue weighted by Crippen LogP contribution is 2.19. The second-order valence-electron chi connectivity index (χ2n) is 5.66. The van der Waals surface area contributed by atoms with Gasteiger partial charge in [0.05, 0.1) is 6.61 Å². The van der Waals surface area contributed by atoms with Gasteiger partial charge in [-0.15, -0.1) is 0 Å². The van der Waals surface area contributed by atoms with Gasteiger partial charge < -0.3 is 15.7 Å². The number of aliphatic hydroxyl groups is 1. The Hall–Kier alpha value is -0.160. The number of aliphatic hydroxyl groups excluding tert-OH is 1. The van der Waals surface area contributed by atoms with E-state index in [1.807, 2.05) is 6.92 Å². The molecule has 4 heteroatoms. The molecule has 2 atom stereocenters. The summed E-state index contributed by atoms with van der Waals surface area (Å²) in [6.45, 7) is 5.30. The van der Waals surface area contributed by atoms with Crippen LogP contribution in [0.5, 0.6) is 0 Å². The van der Waals surface area contributed by atoms with Crippen LogP contribution in [0.2, 0.25) is 0 Å². The quantitative estimate of drug-likeness (QED) is 0.679. The average molecular weight is 229 g/mol. The van der Waals surface area contributed by atoms with E-state index in [1.54, 1.807) is 0 Å². The number of hydrogen-bond donors (Lipinski definition) is 2. The smallest absolute Gasteiger partial charge is 0.0608 e. The van der Waals surface area contributed by atoms with Gasteiger partial charge in [0.1, 0.15) is 0 Å². The minimum atomic E-state index is -0.425. The van der Waals surface area contributed by atoms with Crippen molar-refractivity contribution in [1.82, 2.24) is 9.80 Å². The molecule has 0 aromatic heterocycles. The van der Waals surface area contributed by atoms with Gasteiger partial charge in [0.15, 0.2) is 0 Å². The molecule has 1 saturated heterocycles. The van der Waals surface area contributed by atoms with Gasteiger partial charge in [-0.1, -0.05) is 0 Å². The minimum absolute atomic E-state index is 0.0686. The van der Waals surface area contributed by atoms with Crippen LogP contribution in [-0.4, -0.2) is 66.8 Å². The van der Waals surface area contributed by atoms with E-state index < -0.39 is 5.54 Å². The van der Waals surface area contributed by atoms with Crippen LogP contribution < -0.4 is 5.73 Å². The Morgan fingerprint density at radius 2 is 2.19 bits per heavy atom. The Balaban J connectivity index is 2.35. The number of rotatable bonds is 6. The summed E-state index contributed by atoms with van der Waals surface area (Å²) in [5.41, 5.74) is 5.53. The van der Waals surface area contributed by atoms with Gasteiger partial charge in [-0.2, -0.15) is 0 Å². The second kappa shape index (κ2) is 5.96. The fourth-order valence-electron chi connectivity index (χ4n) is 2.30. The molecule has 0 aliphatic carbocycles. The van der Waals surface area contributed by atoms with Crippen LogP contribution in [0.3, 0.4) is 0 Å². The van der Waals surface area contributed by atoms with E-state index in [-0.39, 0.29) is 6.61 Å². The number of nitrogens with zero attached hydrogens (tertiary/aromatic N) is 2. The summed E-state index contributed by atoms with van der Waals surface area (Å²) >= 11 is 0. The Kier molecular flexibility index (Phi) is 5.18. The molecular weight excluding hydrogens is 202 g/mol. The number of hydrogen-bond acceptors (Lipinski definition) is 4. The zero-order chi connectivity index (χ0) is 12.2. The largest absolute Gasteiger partial charge is 0.394 e. The van der Waals surface area contributed by atoms with Crippen LogP contribution in [0, 0.1) is 0 Å². The summed E-state index contributed by atoms with van der Waals surface area (Å²) in [5, 5.41) is 9.13. The molecule has 1 aliphatic heterocycles.